The van der Waals surface area contributed by atoms with Crippen molar-refractivity contribution in [2.45, 2.75) is 46.9 Å². The van der Waals surface area contributed by atoms with E-state index in [4.69, 9.17) is 7.85 Å². The molecule has 0 aromatic rings. The van der Waals surface area contributed by atoms with Gasteiger partial charge in [0.05, 0.1) is 7.85 Å². The lowest BCUT2D eigenvalue weighted by molar-refractivity contribution is 0.588. The predicted molar refractivity (Wildman–Crippen MR) is 61.5 cm³/mol. The van der Waals surface area contributed by atoms with Crippen LogP contribution in [0.4, 0.5) is 0 Å². The average Bonchev–Trinajstić information content (AvgIpc) is 1.82. The van der Waals surface area contributed by atoms with Crippen LogP contribution in [0.5, 0.6) is 0 Å². The monoisotopic (exact) mass is 177 g/mol. The quantitative estimate of drug-likeness (QED) is 0.453. The number of nitrogens with zero attached hydrogens (tertiary/aromatic N) is 1. The Morgan fingerprint density at radius 3 is 1.92 bits per heavy atom. The molecule has 0 heterocycles. The Morgan fingerprint density at radius 2 is 1.62 bits per heavy atom. The summed E-state index contributed by atoms with van der Waals surface area (Å²) in [6.07, 6.45) is 3.70. The molecular formula is C11H20BN. The van der Waals surface area contributed by atoms with Gasteiger partial charge in [-0.1, -0.05) is 46.0 Å². The summed E-state index contributed by atoms with van der Waals surface area (Å²) in [6, 6.07) is 0. The van der Waals surface area contributed by atoms with Crippen molar-refractivity contribution in [1.29, 1.82) is 0 Å². The summed E-state index contributed by atoms with van der Waals surface area (Å²) in [5.41, 5.74) is 1.26. The summed E-state index contributed by atoms with van der Waals surface area (Å²) >= 11 is 0. The molecule has 1 nitrogen and oxygen atoms in total. The maximum atomic E-state index is 5.77. The highest BCUT2D eigenvalue weighted by Gasteiger charge is 2.13. The van der Waals surface area contributed by atoms with Gasteiger partial charge in [-0.05, 0) is 12.3 Å². The predicted octanol–water partition coefficient (Wildman–Crippen LogP) is 3.37. The SMILES string of the molecule is [B]C(C)(C)/C=C\N=C(C)C(C)(C)C. The van der Waals surface area contributed by atoms with Crippen molar-refractivity contribution < 1.29 is 0 Å². The molecule has 0 fully saturated rings. The van der Waals surface area contributed by atoms with Crippen LogP contribution in [-0.2, 0) is 0 Å². The second kappa shape index (κ2) is 4.12. The molecule has 0 aromatic heterocycles. The minimum Gasteiger partial charge on any atom is -0.266 e. The van der Waals surface area contributed by atoms with Crippen LogP contribution in [0.1, 0.15) is 41.5 Å². The molecule has 2 radical (unpaired) electrons. The van der Waals surface area contributed by atoms with Gasteiger partial charge in [0.25, 0.3) is 0 Å². The van der Waals surface area contributed by atoms with Gasteiger partial charge in [-0.3, -0.25) is 4.99 Å². The fourth-order valence-corrected chi connectivity index (χ4v) is 0.535. The fraction of sp³-hybridized carbons (Fsp3) is 0.727. The summed E-state index contributed by atoms with van der Waals surface area (Å²) in [4.78, 5) is 4.34. The number of hydrogen-bond donors (Lipinski definition) is 0. The minimum atomic E-state index is -0.276. The Labute approximate surface area is 83.7 Å². The van der Waals surface area contributed by atoms with Crippen LogP contribution in [0.3, 0.4) is 0 Å². The molecule has 0 aliphatic carbocycles. The van der Waals surface area contributed by atoms with E-state index in [0.717, 1.165) is 5.71 Å². The third-order valence-electron chi connectivity index (χ3n) is 1.86. The van der Waals surface area contributed by atoms with E-state index in [9.17, 15) is 0 Å². The maximum Gasteiger partial charge on any atom is 0.0795 e. The zero-order chi connectivity index (χ0) is 10.7. The van der Waals surface area contributed by atoms with Crippen LogP contribution in [0.2, 0.25) is 5.31 Å². The number of allylic oxidation sites excluding steroid dienone is 1. The van der Waals surface area contributed by atoms with Gasteiger partial charge in [-0.2, -0.15) is 0 Å². The summed E-state index contributed by atoms with van der Waals surface area (Å²) < 4.78 is 0. The second-order valence-corrected chi connectivity index (χ2v) is 5.10. The van der Waals surface area contributed by atoms with E-state index in [1.807, 2.05) is 26.8 Å². The van der Waals surface area contributed by atoms with Crippen molar-refractivity contribution in [2.75, 3.05) is 0 Å². The van der Waals surface area contributed by atoms with E-state index in [1.54, 1.807) is 6.20 Å². The van der Waals surface area contributed by atoms with Crippen LogP contribution >= 0.6 is 0 Å². The lowest BCUT2D eigenvalue weighted by Crippen LogP contribution is -2.16. The van der Waals surface area contributed by atoms with E-state index < -0.39 is 0 Å². The van der Waals surface area contributed by atoms with Crippen LogP contribution in [-0.4, -0.2) is 13.6 Å². The highest BCUT2D eigenvalue weighted by atomic mass is 14.7. The first-order valence-electron chi connectivity index (χ1n) is 4.64. The van der Waals surface area contributed by atoms with E-state index >= 15 is 0 Å². The van der Waals surface area contributed by atoms with E-state index in [2.05, 4.69) is 25.8 Å². The normalized spacial score (nSPS) is 15.4. The molecule has 0 bridgehead atoms. The third kappa shape index (κ3) is 6.62. The topological polar surface area (TPSA) is 12.4 Å². The highest BCUT2D eigenvalue weighted by molar-refractivity contribution is 6.16. The maximum absolute atomic E-state index is 5.77. The van der Waals surface area contributed by atoms with Crippen LogP contribution < -0.4 is 0 Å². The molecule has 0 aromatic carbocycles. The molecule has 13 heavy (non-hydrogen) atoms. The number of aliphatic imine (C=N–C) groups is 1. The molecule has 0 rings (SSSR count). The molecular weight excluding hydrogens is 157 g/mol. The van der Waals surface area contributed by atoms with Gasteiger partial charge in [0, 0.05) is 11.9 Å². The molecule has 0 aliphatic heterocycles. The largest absolute Gasteiger partial charge is 0.266 e. The van der Waals surface area contributed by atoms with Crippen molar-refractivity contribution in [2.24, 2.45) is 10.4 Å². The van der Waals surface area contributed by atoms with Gasteiger partial charge in [-0.15, -0.1) is 0 Å². The Balaban J connectivity index is 4.37. The molecule has 0 amide bonds. The zero-order valence-electron chi connectivity index (χ0n) is 9.68. The van der Waals surface area contributed by atoms with Gasteiger partial charge in [0.15, 0.2) is 0 Å². The van der Waals surface area contributed by atoms with Gasteiger partial charge in [-0.25, -0.2) is 0 Å². The van der Waals surface area contributed by atoms with Crippen LogP contribution in [0.25, 0.3) is 0 Å². The summed E-state index contributed by atoms with van der Waals surface area (Å²) in [5, 5.41) is -0.276. The van der Waals surface area contributed by atoms with E-state index in [-0.39, 0.29) is 10.7 Å². The zero-order valence-corrected chi connectivity index (χ0v) is 9.68. The van der Waals surface area contributed by atoms with Crippen LogP contribution in [0.15, 0.2) is 17.3 Å². The number of hydrogen-bond acceptors (Lipinski definition) is 1. The molecule has 0 unspecified atom stereocenters. The lowest BCUT2D eigenvalue weighted by atomic mass is 9.73. The molecule has 0 N–H and O–H groups in total. The standard InChI is InChI=1S/C11H20BN/c1-9(10(2,3)4)13-8-7-11(5,6)12/h7-8H,1-6H3/b8-7-,13-9?. The summed E-state index contributed by atoms with van der Waals surface area (Å²) in [7, 11) is 5.77. The van der Waals surface area contributed by atoms with Crippen LogP contribution in [0, 0.1) is 5.41 Å². The first-order chi connectivity index (χ1) is 5.63. The summed E-state index contributed by atoms with van der Waals surface area (Å²) in [6.45, 7) is 12.4. The van der Waals surface area contributed by atoms with Crippen molar-refractivity contribution in [1.82, 2.24) is 0 Å². The Bertz CT molecular complexity index is 213. The third-order valence-corrected chi connectivity index (χ3v) is 1.86. The van der Waals surface area contributed by atoms with Crippen molar-refractivity contribution in [3.05, 3.63) is 12.3 Å². The molecule has 0 spiro atoms. The molecule has 2 heteroatoms. The van der Waals surface area contributed by atoms with Crippen molar-refractivity contribution >= 4 is 13.6 Å². The first kappa shape index (κ1) is 12.5. The van der Waals surface area contributed by atoms with Crippen molar-refractivity contribution in [3.63, 3.8) is 0 Å². The Morgan fingerprint density at radius 1 is 1.15 bits per heavy atom. The molecule has 72 valence electrons. The second-order valence-electron chi connectivity index (χ2n) is 5.10. The van der Waals surface area contributed by atoms with Gasteiger partial charge in [0.1, 0.15) is 0 Å². The fourth-order valence-electron chi connectivity index (χ4n) is 0.535. The number of rotatable bonds is 2. The van der Waals surface area contributed by atoms with Gasteiger partial charge in [0.2, 0.25) is 0 Å². The lowest BCUT2D eigenvalue weighted by Gasteiger charge is -2.17. The summed E-state index contributed by atoms with van der Waals surface area (Å²) in [5.74, 6) is 0. The van der Waals surface area contributed by atoms with E-state index in [0.29, 0.717) is 0 Å². The molecule has 0 saturated carbocycles. The smallest absolute Gasteiger partial charge is 0.0795 e. The first-order valence-corrected chi connectivity index (χ1v) is 4.64. The average molecular weight is 177 g/mol. The minimum absolute atomic E-state index is 0.142. The van der Waals surface area contributed by atoms with Gasteiger partial charge >= 0.3 is 0 Å². The van der Waals surface area contributed by atoms with Crippen molar-refractivity contribution in [3.8, 4) is 0 Å². The molecule has 0 saturated heterocycles. The molecule has 0 atom stereocenters. The van der Waals surface area contributed by atoms with Gasteiger partial charge < -0.3 is 0 Å². The van der Waals surface area contributed by atoms with E-state index in [1.165, 1.54) is 0 Å². The Kier molecular flexibility index (Phi) is 3.96. The molecule has 0 aliphatic rings. The Hall–Kier alpha value is -0.525. The highest BCUT2D eigenvalue weighted by Crippen LogP contribution is 2.20.